The lowest BCUT2D eigenvalue weighted by Gasteiger charge is -2.36. The second kappa shape index (κ2) is 7.67. The van der Waals surface area contributed by atoms with Crippen LogP contribution in [0.5, 0.6) is 0 Å². The van der Waals surface area contributed by atoms with Crippen molar-refractivity contribution in [1.82, 2.24) is 10.2 Å². The van der Waals surface area contributed by atoms with Crippen LogP contribution in [0.3, 0.4) is 0 Å². The Bertz CT molecular complexity index is 562. The molecule has 3 fully saturated rings. The van der Waals surface area contributed by atoms with E-state index in [4.69, 9.17) is 0 Å². The van der Waals surface area contributed by atoms with Crippen LogP contribution < -0.4 is 10.2 Å². The molecule has 1 atom stereocenters. The number of hydrogen-bond acceptors (Lipinski definition) is 2. The molecule has 0 aromatic heterocycles. The van der Waals surface area contributed by atoms with Crippen LogP contribution in [-0.2, 0) is 0 Å². The highest BCUT2D eigenvalue weighted by atomic mass is 16.2. The van der Waals surface area contributed by atoms with Gasteiger partial charge in [0.1, 0.15) is 0 Å². The number of anilines is 1. The van der Waals surface area contributed by atoms with Crippen LogP contribution in [0, 0.1) is 5.92 Å². The van der Waals surface area contributed by atoms with Crippen molar-refractivity contribution in [1.29, 1.82) is 0 Å². The van der Waals surface area contributed by atoms with Crippen molar-refractivity contribution in [2.75, 3.05) is 24.5 Å². The lowest BCUT2D eigenvalue weighted by molar-refractivity contribution is 0.167. The molecule has 4 rings (SSSR count). The maximum atomic E-state index is 12.8. The average molecular weight is 341 g/mol. The fourth-order valence-electron chi connectivity index (χ4n) is 5.06. The van der Waals surface area contributed by atoms with E-state index in [1.807, 2.05) is 0 Å². The molecule has 136 valence electrons. The molecule has 2 saturated heterocycles. The number of benzene rings is 1. The summed E-state index contributed by atoms with van der Waals surface area (Å²) in [6.45, 7) is 3.01. The normalized spacial score (nSPS) is 25.5. The first-order valence-electron chi connectivity index (χ1n) is 10.2. The Morgan fingerprint density at radius 1 is 0.880 bits per heavy atom. The van der Waals surface area contributed by atoms with Crippen molar-refractivity contribution < 1.29 is 4.79 Å². The summed E-state index contributed by atoms with van der Waals surface area (Å²) in [5.41, 5.74) is 1.30. The van der Waals surface area contributed by atoms with Crippen molar-refractivity contribution in [2.45, 2.75) is 63.5 Å². The summed E-state index contributed by atoms with van der Waals surface area (Å²) in [7, 11) is 0. The van der Waals surface area contributed by atoms with Crippen LogP contribution >= 0.6 is 0 Å². The van der Waals surface area contributed by atoms with Gasteiger partial charge in [-0.1, -0.05) is 31.0 Å². The fraction of sp³-hybridized carbons (Fsp3) is 0.667. The average Bonchev–Trinajstić information content (AvgIpc) is 3.34. The summed E-state index contributed by atoms with van der Waals surface area (Å²) >= 11 is 0. The largest absolute Gasteiger partial charge is 0.371 e. The van der Waals surface area contributed by atoms with E-state index in [-0.39, 0.29) is 6.03 Å². The molecular formula is C21H31N3O. The second-order valence-electron chi connectivity index (χ2n) is 7.99. The molecule has 0 radical (unpaired) electrons. The number of hydrogen-bond donors (Lipinski definition) is 1. The van der Waals surface area contributed by atoms with E-state index in [1.165, 1.54) is 44.2 Å². The van der Waals surface area contributed by atoms with E-state index in [0.29, 0.717) is 12.1 Å². The van der Waals surface area contributed by atoms with Crippen LogP contribution in [0.2, 0.25) is 0 Å². The molecule has 1 aromatic carbocycles. The van der Waals surface area contributed by atoms with Crippen molar-refractivity contribution >= 4 is 11.7 Å². The Balaban J connectivity index is 1.28. The van der Waals surface area contributed by atoms with E-state index in [1.54, 1.807) is 0 Å². The van der Waals surface area contributed by atoms with Crippen LogP contribution in [0.15, 0.2) is 30.3 Å². The topological polar surface area (TPSA) is 35.6 Å². The van der Waals surface area contributed by atoms with Crippen molar-refractivity contribution in [2.24, 2.45) is 5.92 Å². The Kier molecular flexibility index (Phi) is 5.14. The fourth-order valence-corrected chi connectivity index (χ4v) is 5.06. The van der Waals surface area contributed by atoms with Gasteiger partial charge in [-0.25, -0.2) is 4.79 Å². The number of carbonyl (C=O) groups excluding carboxylic acids is 1. The van der Waals surface area contributed by atoms with Crippen LogP contribution in [-0.4, -0.2) is 42.6 Å². The van der Waals surface area contributed by atoms with Gasteiger partial charge in [-0.15, -0.1) is 0 Å². The second-order valence-corrected chi connectivity index (χ2v) is 7.99. The maximum Gasteiger partial charge on any atom is 0.317 e. The van der Waals surface area contributed by atoms with Crippen molar-refractivity contribution in [3.63, 3.8) is 0 Å². The Morgan fingerprint density at radius 2 is 1.60 bits per heavy atom. The summed E-state index contributed by atoms with van der Waals surface area (Å²) in [6.07, 6.45) is 9.84. The number of rotatable bonds is 3. The van der Waals surface area contributed by atoms with Crippen molar-refractivity contribution in [3.05, 3.63) is 30.3 Å². The molecule has 2 aliphatic heterocycles. The third-order valence-electron chi connectivity index (χ3n) is 6.45. The first-order chi connectivity index (χ1) is 12.3. The van der Waals surface area contributed by atoms with Gasteiger partial charge in [-0.2, -0.15) is 0 Å². The number of amides is 2. The Hall–Kier alpha value is -1.71. The molecule has 3 aliphatic rings. The molecule has 2 heterocycles. The van der Waals surface area contributed by atoms with E-state index in [0.717, 1.165) is 38.4 Å². The number of piperidine rings is 1. The molecule has 0 bridgehead atoms. The number of urea groups is 1. The lowest BCUT2D eigenvalue weighted by atomic mass is 9.96. The van der Waals surface area contributed by atoms with Gasteiger partial charge in [0.2, 0.25) is 0 Å². The molecule has 4 heteroatoms. The van der Waals surface area contributed by atoms with Gasteiger partial charge in [0.15, 0.2) is 0 Å². The van der Waals surface area contributed by atoms with Gasteiger partial charge in [-0.05, 0) is 56.6 Å². The number of likely N-dealkylation sites (tertiary alicyclic amines) is 1. The number of carbonyl (C=O) groups is 1. The summed E-state index contributed by atoms with van der Waals surface area (Å²) in [5.74, 6) is 0.758. The van der Waals surface area contributed by atoms with Gasteiger partial charge in [0, 0.05) is 37.4 Å². The van der Waals surface area contributed by atoms with Crippen LogP contribution in [0.4, 0.5) is 10.5 Å². The van der Waals surface area contributed by atoms with Gasteiger partial charge in [0.25, 0.3) is 0 Å². The van der Waals surface area contributed by atoms with E-state index in [9.17, 15) is 4.79 Å². The molecule has 2 amide bonds. The molecule has 0 spiro atoms. The van der Waals surface area contributed by atoms with E-state index in [2.05, 4.69) is 45.4 Å². The molecule has 1 N–H and O–H groups in total. The Morgan fingerprint density at radius 3 is 2.32 bits per heavy atom. The molecule has 1 aromatic rings. The predicted octanol–water partition coefficient (Wildman–Crippen LogP) is 4.02. The minimum Gasteiger partial charge on any atom is -0.371 e. The zero-order valence-corrected chi connectivity index (χ0v) is 15.2. The highest BCUT2D eigenvalue weighted by Crippen LogP contribution is 2.35. The van der Waals surface area contributed by atoms with Gasteiger partial charge >= 0.3 is 6.03 Å². The SMILES string of the molecule is O=C(NC1CCN(c2ccccc2)CC1)N1CCCC1C1CCCC1. The molecule has 25 heavy (non-hydrogen) atoms. The molecule has 1 aliphatic carbocycles. The summed E-state index contributed by atoms with van der Waals surface area (Å²) < 4.78 is 0. The van der Waals surface area contributed by atoms with Crippen LogP contribution in [0.1, 0.15) is 51.4 Å². The predicted molar refractivity (Wildman–Crippen MR) is 102 cm³/mol. The first kappa shape index (κ1) is 16.7. The minimum absolute atomic E-state index is 0.201. The van der Waals surface area contributed by atoms with E-state index >= 15 is 0 Å². The molecular weight excluding hydrogens is 310 g/mol. The zero-order chi connectivity index (χ0) is 17.1. The summed E-state index contributed by atoms with van der Waals surface area (Å²) in [4.78, 5) is 17.4. The quantitative estimate of drug-likeness (QED) is 0.901. The number of nitrogens with zero attached hydrogens (tertiary/aromatic N) is 2. The van der Waals surface area contributed by atoms with Crippen LogP contribution in [0.25, 0.3) is 0 Å². The zero-order valence-electron chi connectivity index (χ0n) is 15.2. The highest BCUT2D eigenvalue weighted by Gasteiger charge is 2.36. The Labute approximate surface area is 151 Å². The van der Waals surface area contributed by atoms with Gasteiger partial charge < -0.3 is 15.1 Å². The highest BCUT2D eigenvalue weighted by molar-refractivity contribution is 5.75. The van der Waals surface area contributed by atoms with Gasteiger partial charge in [0.05, 0.1) is 0 Å². The third-order valence-corrected chi connectivity index (χ3v) is 6.45. The van der Waals surface area contributed by atoms with E-state index < -0.39 is 0 Å². The summed E-state index contributed by atoms with van der Waals surface area (Å²) in [5, 5.41) is 3.35. The van der Waals surface area contributed by atoms with Crippen molar-refractivity contribution in [3.8, 4) is 0 Å². The smallest absolute Gasteiger partial charge is 0.317 e. The first-order valence-corrected chi connectivity index (χ1v) is 10.2. The number of para-hydroxylation sites is 1. The molecule has 1 unspecified atom stereocenters. The standard InChI is InChI=1S/C21H31N3O/c25-21(24-14-6-11-20(24)17-7-4-5-8-17)22-18-12-15-23(16-13-18)19-9-2-1-3-10-19/h1-3,9-10,17-18,20H,4-8,11-16H2,(H,22,25). The third kappa shape index (κ3) is 3.78. The lowest BCUT2D eigenvalue weighted by Crippen LogP contribution is -2.51. The molecule has 1 saturated carbocycles. The number of nitrogens with one attached hydrogen (secondary N) is 1. The minimum atomic E-state index is 0.201. The van der Waals surface area contributed by atoms with Gasteiger partial charge in [-0.3, -0.25) is 0 Å². The monoisotopic (exact) mass is 341 g/mol. The molecule has 4 nitrogen and oxygen atoms in total. The maximum absolute atomic E-state index is 12.8. The summed E-state index contributed by atoms with van der Waals surface area (Å²) in [6, 6.07) is 11.6.